The van der Waals surface area contributed by atoms with Gasteiger partial charge in [0.1, 0.15) is 11.3 Å². The third-order valence-corrected chi connectivity index (χ3v) is 7.23. The normalized spacial score (nSPS) is 28.4. The highest BCUT2D eigenvalue weighted by molar-refractivity contribution is 6.35. The first-order chi connectivity index (χ1) is 15.4. The molecule has 0 aliphatic carbocycles. The van der Waals surface area contributed by atoms with Gasteiger partial charge in [-0.1, -0.05) is 49.2 Å². The first-order valence-corrected chi connectivity index (χ1v) is 11.3. The van der Waals surface area contributed by atoms with Crippen molar-refractivity contribution in [3.63, 3.8) is 0 Å². The van der Waals surface area contributed by atoms with Crippen molar-refractivity contribution < 1.29 is 19.5 Å². The van der Waals surface area contributed by atoms with E-state index in [2.05, 4.69) is 10.6 Å². The fourth-order valence-electron chi connectivity index (χ4n) is 5.45. The zero-order valence-corrected chi connectivity index (χ0v) is 18.4. The lowest BCUT2D eigenvalue weighted by molar-refractivity contribution is -0.142. The topological polar surface area (TPSA) is 98.7 Å². The molecule has 2 fully saturated rings. The van der Waals surface area contributed by atoms with Gasteiger partial charge in [0.2, 0.25) is 17.7 Å². The molecule has 0 saturated carbocycles. The first kappa shape index (κ1) is 21.0. The van der Waals surface area contributed by atoms with Crippen molar-refractivity contribution in [3.05, 3.63) is 58.6 Å². The second-order valence-electron chi connectivity index (χ2n) is 8.73. The van der Waals surface area contributed by atoms with Crippen LogP contribution in [0.5, 0.6) is 5.75 Å². The number of para-hydroxylation sites is 1. The molecule has 32 heavy (non-hydrogen) atoms. The molecule has 7 nitrogen and oxygen atoms in total. The van der Waals surface area contributed by atoms with E-state index in [9.17, 15) is 19.5 Å². The molecule has 1 spiro atoms. The van der Waals surface area contributed by atoms with E-state index in [0.29, 0.717) is 35.7 Å². The summed E-state index contributed by atoms with van der Waals surface area (Å²) in [5.41, 5.74) is 0.646. The molecule has 3 N–H and O–H groups in total. The number of carbonyl (C=O) groups is 3. The van der Waals surface area contributed by atoms with Crippen molar-refractivity contribution >= 4 is 35.0 Å². The molecule has 3 aliphatic rings. The number of amides is 3. The number of phenolic OH excluding ortho intramolecular Hbond substituents is 1. The highest BCUT2D eigenvalue weighted by atomic mass is 35.5. The zero-order chi connectivity index (χ0) is 22.6. The predicted octanol–water partition coefficient (Wildman–Crippen LogP) is 2.81. The van der Waals surface area contributed by atoms with Gasteiger partial charge in [-0.05, 0) is 36.6 Å². The van der Waals surface area contributed by atoms with E-state index in [4.69, 9.17) is 11.6 Å². The van der Waals surface area contributed by atoms with E-state index in [1.165, 1.54) is 4.90 Å². The molecular weight excluding hydrogens is 430 g/mol. The SMILES string of the molecule is CCCCN1C(=O)[C@@H]2C(Cc3ccc(O)cc3)NC3(C(=O)Nc4c(Cl)cccc43)[C@@H]2C1=O. The summed E-state index contributed by atoms with van der Waals surface area (Å²) in [7, 11) is 0. The third kappa shape index (κ3) is 2.88. The zero-order valence-electron chi connectivity index (χ0n) is 17.6. The number of carbonyl (C=O) groups excluding carboxylic acids is 3. The van der Waals surface area contributed by atoms with Crippen molar-refractivity contribution in [2.45, 2.75) is 37.8 Å². The van der Waals surface area contributed by atoms with Crippen LogP contribution in [0, 0.1) is 11.8 Å². The second-order valence-corrected chi connectivity index (χ2v) is 9.14. The number of hydrogen-bond donors (Lipinski definition) is 3. The Morgan fingerprint density at radius 2 is 1.84 bits per heavy atom. The fourth-order valence-corrected chi connectivity index (χ4v) is 5.67. The lowest BCUT2D eigenvalue weighted by Gasteiger charge is -2.29. The number of halogens is 1. The van der Waals surface area contributed by atoms with Crippen LogP contribution < -0.4 is 10.6 Å². The average Bonchev–Trinajstić information content (AvgIpc) is 3.35. The molecule has 8 heteroatoms. The Labute approximate surface area is 190 Å². The molecule has 166 valence electrons. The van der Waals surface area contributed by atoms with Gasteiger partial charge in [-0.15, -0.1) is 0 Å². The molecule has 3 heterocycles. The molecule has 2 unspecified atom stereocenters. The van der Waals surface area contributed by atoms with Crippen molar-refractivity contribution in [1.29, 1.82) is 0 Å². The molecule has 2 saturated heterocycles. The summed E-state index contributed by atoms with van der Waals surface area (Å²) < 4.78 is 0. The highest BCUT2D eigenvalue weighted by Crippen LogP contribution is 2.54. The number of imide groups is 1. The minimum atomic E-state index is -1.35. The lowest BCUT2D eigenvalue weighted by Crippen LogP contribution is -2.53. The number of fused-ring (bicyclic) bond motifs is 4. The van der Waals surface area contributed by atoms with Crippen LogP contribution in [0.1, 0.15) is 30.9 Å². The number of nitrogens with zero attached hydrogens (tertiary/aromatic N) is 1. The van der Waals surface area contributed by atoms with Crippen LogP contribution in [-0.4, -0.2) is 40.3 Å². The monoisotopic (exact) mass is 453 g/mol. The van der Waals surface area contributed by atoms with Gasteiger partial charge in [-0.3, -0.25) is 24.6 Å². The van der Waals surface area contributed by atoms with E-state index in [0.717, 1.165) is 12.0 Å². The van der Waals surface area contributed by atoms with Crippen molar-refractivity contribution in [2.24, 2.45) is 11.8 Å². The maximum absolute atomic E-state index is 13.6. The molecule has 3 amide bonds. The van der Waals surface area contributed by atoms with Gasteiger partial charge < -0.3 is 10.4 Å². The van der Waals surface area contributed by atoms with E-state index >= 15 is 0 Å². The van der Waals surface area contributed by atoms with Crippen molar-refractivity contribution in [3.8, 4) is 5.75 Å². The van der Waals surface area contributed by atoms with E-state index in [-0.39, 0.29) is 23.5 Å². The van der Waals surface area contributed by atoms with Crippen LogP contribution >= 0.6 is 11.6 Å². The minimum absolute atomic E-state index is 0.152. The summed E-state index contributed by atoms with van der Waals surface area (Å²) in [6.07, 6.45) is 2.01. The molecular formula is C24H24ClN3O4. The average molecular weight is 454 g/mol. The quantitative estimate of drug-likeness (QED) is 0.605. The van der Waals surface area contributed by atoms with E-state index in [1.807, 2.05) is 6.92 Å². The Kier molecular flexibility index (Phi) is 4.98. The van der Waals surface area contributed by atoms with Gasteiger partial charge in [0, 0.05) is 18.2 Å². The summed E-state index contributed by atoms with van der Waals surface area (Å²) in [6, 6.07) is 11.5. The summed E-state index contributed by atoms with van der Waals surface area (Å²) >= 11 is 6.35. The molecule has 3 aliphatic heterocycles. The van der Waals surface area contributed by atoms with Crippen molar-refractivity contribution in [1.82, 2.24) is 10.2 Å². The summed E-state index contributed by atoms with van der Waals surface area (Å²) in [5.74, 6) is -2.25. The molecule has 2 aromatic carbocycles. The molecule has 0 radical (unpaired) electrons. The molecule has 5 rings (SSSR count). The number of unbranched alkanes of at least 4 members (excludes halogenated alkanes) is 1. The van der Waals surface area contributed by atoms with Gasteiger partial charge in [0.05, 0.1) is 22.5 Å². The number of rotatable bonds is 5. The van der Waals surface area contributed by atoms with E-state index in [1.54, 1.807) is 42.5 Å². The third-order valence-electron chi connectivity index (χ3n) is 6.92. The van der Waals surface area contributed by atoms with Crippen LogP contribution in [0.3, 0.4) is 0 Å². The van der Waals surface area contributed by atoms with Gasteiger partial charge in [0.15, 0.2) is 0 Å². The van der Waals surface area contributed by atoms with Crippen LogP contribution in [0.15, 0.2) is 42.5 Å². The van der Waals surface area contributed by atoms with Crippen LogP contribution in [0.4, 0.5) is 5.69 Å². The highest BCUT2D eigenvalue weighted by Gasteiger charge is 2.70. The maximum Gasteiger partial charge on any atom is 0.250 e. The molecule has 0 bridgehead atoms. The number of benzene rings is 2. The van der Waals surface area contributed by atoms with Crippen LogP contribution in [0.2, 0.25) is 5.02 Å². The number of phenols is 1. The second kappa shape index (κ2) is 7.60. The van der Waals surface area contributed by atoms with Crippen molar-refractivity contribution in [2.75, 3.05) is 11.9 Å². The number of likely N-dealkylation sites (tertiary alicyclic amines) is 1. The number of aromatic hydroxyl groups is 1. The number of nitrogens with one attached hydrogen (secondary N) is 2. The Morgan fingerprint density at radius 1 is 1.09 bits per heavy atom. The molecule has 4 atom stereocenters. The Morgan fingerprint density at radius 3 is 2.56 bits per heavy atom. The summed E-state index contributed by atoms with van der Waals surface area (Å²) in [6.45, 7) is 2.36. The first-order valence-electron chi connectivity index (χ1n) is 10.9. The van der Waals surface area contributed by atoms with E-state index < -0.39 is 23.4 Å². The summed E-state index contributed by atoms with van der Waals surface area (Å²) in [4.78, 5) is 41.8. The smallest absolute Gasteiger partial charge is 0.250 e. The molecule has 0 aromatic heterocycles. The van der Waals surface area contributed by atoms with Crippen LogP contribution in [0.25, 0.3) is 0 Å². The lowest BCUT2D eigenvalue weighted by atomic mass is 9.76. The standard InChI is InChI=1S/C24H24ClN3O4/c1-2-3-11-28-21(30)18-17(12-13-7-9-14(29)10-8-13)27-24(19(18)22(28)31)15-5-4-6-16(25)20(15)26-23(24)32/h4-10,17-19,27,29H,2-3,11-12H2,1H3,(H,26,32)/t17?,18-,19+,24?/m1/s1. The Balaban J connectivity index is 1.61. The number of anilines is 1. The Bertz CT molecular complexity index is 1120. The predicted molar refractivity (Wildman–Crippen MR) is 119 cm³/mol. The maximum atomic E-state index is 13.6. The van der Waals surface area contributed by atoms with Gasteiger partial charge in [-0.25, -0.2) is 0 Å². The summed E-state index contributed by atoms with van der Waals surface area (Å²) in [5, 5.41) is 16.3. The van der Waals surface area contributed by atoms with Crippen LogP contribution in [-0.2, 0) is 26.3 Å². The van der Waals surface area contributed by atoms with Gasteiger partial charge in [-0.2, -0.15) is 0 Å². The fraction of sp³-hybridized carbons (Fsp3) is 0.375. The largest absolute Gasteiger partial charge is 0.508 e. The van der Waals surface area contributed by atoms with Gasteiger partial charge in [0.25, 0.3) is 0 Å². The van der Waals surface area contributed by atoms with Gasteiger partial charge >= 0.3 is 0 Å². The Hall–Kier alpha value is -2.90. The number of hydrogen-bond acceptors (Lipinski definition) is 5. The molecule has 2 aromatic rings. The minimum Gasteiger partial charge on any atom is -0.508 e.